The van der Waals surface area contributed by atoms with Crippen molar-refractivity contribution in [3.63, 3.8) is 0 Å². The Labute approximate surface area is 210 Å². The molecule has 3 heterocycles. The molecule has 0 radical (unpaired) electrons. The van der Waals surface area contributed by atoms with Crippen molar-refractivity contribution in [1.82, 2.24) is 15.0 Å². The molecule has 6 nitrogen and oxygen atoms in total. The first-order valence-corrected chi connectivity index (χ1v) is 12.5. The van der Waals surface area contributed by atoms with Crippen LogP contribution in [0.1, 0.15) is 53.9 Å². The van der Waals surface area contributed by atoms with Crippen LogP contribution in [0.4, 0.5) is 5.82 Å². The van der Waals surface area contributed by atoms with Crippen molar-refractivity contribution in [1.29, 1.82) is 0 Å². The van der Waals surface area contributed by atoms with Crippen LogP contribution in [0, 0.1) is 12.3 Å². The molecule has 1 atom stereocenters. The summed E-state index contributed by atoms with van der Waals surface area (Å²) in [6.07, 6.45) is 5.59. The van der Waals surface area contributed by atoms with Gasteiger partial charge in [-0.05, 0) is 60.8 Å². The molecular formula is C26H29Cl2N5O. The lowest BCUT2D eigenvalue weighted by atomic mass is 9.73. The van der Waals surface area contributed by atoms with Crippen molar-refractivity contribution in [2.24, 2.45) is 11.1 Å². The van der Waals surface area contributed by atoms with Crippen molar-refractivity contribution in [3.8, 4) is 11.3 Å². The van der Waals surface area contributed by atoms with Crippen molar-refractivity contribution >= 4 is 29.0 Å². The highest BCUT2D eigenvalue weighted by atomic mass is 35.5. The molecule has 1 aliphatic carbocycles. The maximum Gasteiger partial charge on any atom is 0.153 e. The van der Waals surface area contributed by atoms with Gasteiger partial charge < -0.3 is 15.7 Å². The van der Waals surface area contributed by atoms with Crippen molar-refractivity contribution in [2.45, 2.75) is 52.2 Å². The van der Waals surface area contributed by atoms with E-state index in [9.17, 15) is 5.11 Å². The SMILES string of the molecule is CCc1ccc2c(c1)[C@@H](N)C1(CCN(c3nc(C)c(-c4ccnc(Cl)c4Cl)nc3CO)CC1)C2. The minimum atomic E-state index is -0.210. The molecule has 1 aliphatic heterocycles. The van der Waals surface area contributed by atoms with E-state index in [1.165, 1.54) is 16.7 Å². The summed E-state index contributed by atoms with van der Waals surface area (Å²) >= 11 is 12.5. The second-order valence-electron chi connectivity index (χ2n) is 9.44. The summed E-state index contributed by atoms with van der Waals surface area (Å²) in [5.41, 5.74) is 13.5. The monoisotopic (exact) mass is 497 g/mol. The molecule has 1 spiro atoms. The average Bonchev–Trinajstić information content (AvgIpc) is 3.12. The number of nitrogens with two attached hydrogens (primary N) is 1. The highest BCUT2D eigenvalue weighted by Crippen LogP contribution is 2.51. The number of hydrogen-bond acceptors (Lipinski definition) is 6. The average molecular weight is 498 g/mol. The molecule has 0 amide bonds. The molecule has 0 bridgehead atoms. The van der Waals surface area contributed by atoms with Crippen LogP contribution in [-0.4, -0.2) is 33.1 Å². The Morgan fingerprint density at radius 3 is 2.65 bits per heavy atom. The van der Waals surface area contributed by atoms with Crippen LogP contribution in [0.2, 0.25) is 10.2 Å². The van der Waals surface area contributed by atoms with Gasteiger partial charge in [0.25, 0.3) is 0 Å². The molecule has 5 rings (SSSR count). The number of hydrogen-bond donors (Lipinski definition) is 2. The zero-order valence-electron chi connectivity index (χ0n) is 19.5. The largest absolute Gasteiger partial charge is 0.390 e. The molecule has 3 aromatic rings. The predicted molar refractivity (Wildman–Crippen MR) is 136 cm³/mol. The second kappa shape index (κ2) is 9.08. The zero-order chi connectivity index (χ0) is 24.0. The van der Waals surface area contributed by atoms with Crippen LogP contribution in [0.25, 0.3) is 11.3 Å². The van der Waals surface area contributed by atoms with E-state index >= 15 is 0 Å². The third kappa shape index (κ3) is 3.87. The highest BCUT2D eigenvalue weighted by Gasteiger charge is 2.46. The van der Waals surface area contributed by atoms with Gasteiger partial charge in [-0.2, -0.15) is 0 Å². The maximum absolute atomic E-state index is 10.1. The van der Waals surface area contributed by atoms with Gasteiger partial charge in [-0.3, -0.25) is 0 Å². The Morgan fingerprint density at radius 1 is 1.18 bits per heavy atom. The summed E-state index contributed by atoms with van der Waals surface area (Å²) in [5.74, 6) is 0.729. The highest BCUT2D eigenvalue weighted by molar-refractivity contribution is 6.42. The van der Waals surface area contributed by atoms with Crippen LogP contribution in [0.5, 0.6) is 0 Å². The Kier molecular flexibility index (Phi) is 6.27. The first kappa shape index (κ1) is 23.5. The fourth-order valence-corrected chi connectivity index (χ4v) is 5.90. The first-order valence-electron chi connectivity index (χ1n) is 11.8. The number of fused-ring (bicyclic) bond motifs is 1. The molecule has 0 saturated carbocycles. The van der Waals surface area contributed by atoms with Crippen molar-refractivity contribution in [2.75, 3.05) is 18.0 Å². The van der Waals surface area contributed by atoms with Gasteiger partial charge >= 0.3 is 0 Å². The van der Waals surface area contributed by atoms with E-state index in [2.05, 4.69) is 35.0 Å². The number of aliphatic hydroxyl groups is 1. The third-order valence-electron chi connectivity index (χ3n) is 7.59. The second-order valence-corrected chi connectivity index (χ2v) is 10.2. The molecule has 1 fully saturated rings. The van der Waals surface area contributed by atoms with Crippen LogP contribution in [-0.2, 0) is 19.4 Å². The number of piperidine rings is 1. The Hall–Kier alpha value is -2.25. The molecule has 2 aromatic heterocycles. The van der Waals surface area contributed by atoms with E-state index in [-0.39, 0.29) is 23.2 Å². The van der Waals surface area contributed by atoms with E-state index < -0.39 is 0 Å². The Morgan fingerprint density at radius 2 is 1.94 bits per heavy atom. The number of benzene rings is 1. The summed E-state index contributed by atoms with van der Waals surface area (Å²) in [4.78, 5) is 15.8. The molecule has 1 aromatic carbocycles. The smallest absolute Gasteiger partial charge is 0.153 e. The Bertz CT molecular complexity index is 1240. The van der Waals surface area contributed by atoms with Crippen LogP contribution in [0.3, 0.4) is 0 Å². The van der Waals surface area contributed by atoms with Gasteiger partial charge in [-0.1, -0.05) is 48.3 Å². The van der Waals surface area contributed by atoms with Crippen molar-refractivity contribution in [3.05, 3.63) is 68.7 Å². The van der Waals surface area contributed by atoms with Crippen LogP contribution in [0.15, 0.2) is 30.5 Å². The van der Waals surface area contributed by atoms with Gasteiger partial charge in [0, 0.05) is 30.9 Å². The topological polar surface area (TPSA) is 88.2 Å². The normalized spacial score (nSPS) is 19.0. The summed E-state index contributed by atoms with van der Waals surface area (Å²) in [5, 5.41) is 10.7. The lowest BCUT2D eigenvalue weighted by Crippen LogP contribution is -2.45. The number of aliphatic hydroxyl groups excluding tert-OH is 1. The van der Waals surface area contributed by atoms with Crippen LogP contribution < -0.4 is 10.6 Å². The third-order valence-corrected chi connectivity index (χ3v) is 8.35. The van der Waals surface area contributed by atoms with Gasteiger partial charge in [0.2, 0.25) is 0 Å². The number of rotatable bonds is 4. The number of aromatic nitrogens is 3. The standard InChI is InChI=1S/C26H29Cl2N5O/c1-3-16-4-5-17-13-26(23(29)19(17)12-16)7-10-33(11-8-26)25-20(14-34)32-22(15(2)31-25)18-6-9-30-24(28)21(18)27/h4-6,9,12,23,34H,3,7-8,10-11,13-14,29H2,1-2H3/t23-/m1/s1. The quantitative estimate of drug-likeness (QED) is 0.490. The van der Waals surface area contributed by atoms with E-state index in [1.807, 2.05) is 6.92 Å². The molecule has 3 N–H and O–H groups in total. The number of pyridine rings is 1. The summed E-state index contributed by atoms with van der Waals surface area (Å²) < 4.78 is 0. The number of aryl methyl sites for hydroxylation is 2. The van der Waals surface area contributed by atoms with E-state index in [0.717, 1.165) is 50.3 Å². The molecule has 0 unspecified atom stereocenters. The summed E-state index contributed by atoms with van der Waals surface area (Å²) in [6.45, 7) is 5.52. The van der Waals surface area contributed by atoms with Crippen molar-refractivity contribution < 1.29 is 5.11 Å². The number of halogens is 2. The molecule has 1 saturated heterocycles. The lowest BCUT2D eigenvalue weighted by molar-refractivity contribution is 0.186. The minimum absolute atomic E-state index is 0.0576. The van der Waals surface area contributed by atoms with E-state index in [4.69, 9.17) is 38.9 Å². The van der Waals surface area contributed by atoms with E-state index in [0.29, 0.717) is 22.0 Å². The van der Waals surface area contributed by atoms with Gasteiger partial charge in [0.15, 0.2) is 5.82 Å². The Balaban J connectivity index is 1.40. The van der Waals surface area contributed by atoms with Crippen LogP contribution >= 0.6 is 23.2 Å². The molecular weight excluding hydrogens is 469 g/mol. The predicted octanol–water partition coefficient (Wildman–Crippen LogP) is 5.05. The summed E-state index contributed by atoms with van der Waals surface area (Å²) in [6, 6.07) is 8.62. The number of anilines is 1. The van der Waals surface area contributed by atoms with Gasteiger partial charge in [-0.15, -0.1) is 0 Å². The molecule has 2 aliphatic rings. The lowest BCUT2D eigenvalue weighted by Gasteiger charge is -2.43. The first-order chi connectivity index (χ1) is 16.4. The van der Waals surface area contributed by atoms with E-state index in [1.54, 1.807) is 12.3 Å². The fraction of sp³-hybridized carbons (Fsp3) is 0.423. The molecule has 34 heavy (non-hydrogen) atoms. The zero-order valence-corrected chi connectivity index (χ0v) is 21.0. The van der Waals surface area contributed by atoms with Gasteiger partial charge in [-0.25, -0.2) is 15.0 Å². The maximum atomic E-state index is 10.1. The molecule has 178 valence electrons. The molecule has 8 heteroatoms. The summed E-state index contributed by atoms with van der Waals surface area (Å²) in [7, 11) is 0. The van der Waals surface area contributed by atoms with Gasteiger partial charge in [0.1, 0.15) is 10.8 Å². The minimum Gasteiger partial charge on any atom is -0.390 e. The fourth-order valence-electron chi connectivity index (χ4n) is 5.54. The number of nitrogens with zero attached hydrogens (tertiary/aromatic N) is 4. The van der Waals surface area contributed by atoms with Gasteiger partial charge in [0.05, 0.1) is 23.0 Å².